The van der Waals surface area contributed by atoms with Gasteiger partial charge < -0.3 is 15.3 Å². The van der Waals surface area contributed by atoms with E-state index < -0.39 is 0 Å². The monoisotopic (exact) mass is 260 g/mol. The topological polar surface area (TPSA) is 52.6 Å². The third kappa shape index (κ3) is 2.59. The number of nitrogens with one attached hydrogen (secondary N) is 1. The molecule has 2 aliphatic rings. The number of nitrogens with zero attached hydrogens (tertiary/aromatic N) is 1. The zero-order valence-electron chi connectivity index (χ0n) is 11.1. The lowest BCUT2D eigenvalue weighted by Crippen LogP contribution is -2.49. The van der Waals surface area contributed by atoms with Crippen LogP contribution in [0.15, 0.2) is 18.2 Å². The summed E-state index contributed by atoms with van der Waals surface area (Å²) in [4.78, 5) is 14.4. The molecule has 4 nitrogen and oxygen atoms in total. The molecule has 0 radical (unpaired) electrons. The molecule has 0 aromatic heterocycles. The van der Waals surface area contributed by atoms with E-state index in [2.05, 4.69) is 5.32 Å². The van der Waals surface area contributed by atoms with Gasteiger partial charge in [-0.25, -0.2) is 0 Å². The SMILES string of the molecule is O=C([C@@H]1CCCCN1)N1CCc2ccc(O)cc2C1. The smallest absolute Gasteiger partial charge is 0.240 e. The fourth-order valence-electron chi connectivity index (χ4n) is 3.01. The van der Waals surface area contributed by atoms with Crippen LogP contribution in [0.5, 0.6) is 5.75 Å². The number of phenols is 1. The van der Waals surface area contributed by atoms with Crippen LogP contribution in [0.3, 0.4) is 0 Å². The average Bonchev–Trinajstić information content (AvgIpc) is 2.46. The molecule has 1 fully saturated rings. The van der Waals surface area contributed by atoms with Gasteiger partial charge in [-0.2, -0.15) is 0 Å². The molecule has 19 heavy (non-hydrogen) atoms. The van der Waals surface area contributed by atoms with Crippen LogP contribution >= 0.6 is 0 Å². The Bertz CT molecular complexity index is 481. The minimum atomic E-state index is -0.00684. The first kappa shape index (κ1) is 12.5. The van der Waals surface area contributed by atoms with E-state index in [9.17, 15) is 9.90 Å². The van der Waals surface area contributed by atoms with Gasteiger partial charge in [0.2, 0.25) is 5.91 Å². The molecule has 0 unspecified atom stereocenters. The van der Waals surface area contributed by atoms with Gasteiger partial charge in [0, 0.05) is 13.1 Å². The van der Waals surface area contributed by atoms with Crippen molar-refractivity contribution >= 4 is 5.91 Å². The van der Waals surface area contributed by atoms with E-state index >= 15 is 0 Å². The predicted molar refractivity (Wildman–Crippen MR) is 72.9 cm³/mol. The molecule has 102 valence electrons. The van der Waals surface area contributed by atoms with Crippen molar-refractivity contribution in [2.75, 3.05) is 13.1 Å². The molecule has 0 bridgehead atoms. The van der Waals surface area contributed by atoms with E-state index in [-0.39, 0.29) is 17.7 Å². The summed E-state index contributed by atoms with van der Waals surface area (Å²) in [7, 11) is 0. The number of rotatable bonds is 1. The summed E-state index contributed by atoms with van der Waals surface area (Å²) in [6, 6.07) is 5.46. The number of hydrogen-bond acceptors (Lipinski definition) is 3. The van der Waals surface area contributed by atoms with Crippen molar-refractivity contribution in [1.29, 1.82) is 0 Å². The highest BCUT2D eigenvalue weighted by Crippen LogP contribution is 2.24. The molecule has 1 amide bonds. The van der Waals surface area contributed by atoms with Crippen molar-refractivity contribution in [3.05, 3.63) is 29.3 Å². The van der Waals surface area contributed by atoms with Crippen molar-refractivity contribution in [3.63, 3.8) is 0 Å². The van der Waals surface area contributed by atoms with Gasteiger partial charge in [-0.15, -0.1) is 0 Å². The fraction of sp³-hybridized carbons (Fsp3) is 0.533. The number of amides is 1. The van der Waals surface area contributed by atoms with Gasteiger partial charge in [-0.05, 0) is 49.1 Å². The third-order valence-corrected chi connectivity index (χ3v) is 4.12. The second-order valence-corrected chi connectivity index (χ2v) is 5.47. The number of piperidine rings is 1. The first-order chi connectivity index (χ1) is 9.24. The summed E-state index contributed by atoms with van der Waals surface area (Å²) in [6.07, 6.45) is 4.13. The molecule has 4 heteroatoms. The van der Waals surface area contributed by atoms with Crippen LogP contribution in [0.25, 0.3) is 0 Å². The maximum absolute atomic E-state index is 12.4. The predicted octanol–water partition coefficient (Wildman–Crippen LogP) is 1.42. The molecule has 0 aliphatic carbocycles. The number of carbonyl (C=O) groups is 1. The minimum absolute atomic E-state index is 0.00684. The van der Waals surface area contributed by atoms with Crippen molar-refractivity contribution < 1.29 is 9.90 Å². The van der Waals surface area contributed by atoms with E-state index in [4.69, 9.17) is 0 Å². The van der Waals surface area contributed by atoms with Crippen LogP contribution < -0.4 is 5.32 Å². The lowest BCUT2D eigenvalue weighted by molar-refractivity contribution is -0.135. The van der Waals surface area contributed by atoms with Gasteiger partial charge >= 0.3 is 0 Å². The van der Waals surface area contributed by atoms with Crippen molar-refractivity contribution in [2.24, 2.45) is 0 Å². The van der Waals surface area contributed by atoms with Crippen molar-refractivity contribution in [1.82, 2.24) is 10.2 Å². The van der Waals surface area contributed by atoms with E-state index in [0.29, 0.717) is 6.54 Å². The standard InChI is InChI=1S/C15H20N2O2/c18-13-5-4-11-6-8-17(10-12(11)9-13)15(19)14-3-1-2-7-16-14/h4-5,9,14,16,18H,1-3,6-8,10H2/t14-/m0/s1. The van der Waals surface area contributed by atoms with E-state index in [0.717, 1.165) is 37.9 Å². The molecular formula is C15H20N2O2. The van der Waals surface area contributed by atoms with Crippen molar-refractivity contribution in [3.8, 4) is 5.75 Å². The van der Waals surface area contributed by atoms with Crippen LogP contribution in [0, 0.1) is 0 Å². The molecule has 1 aromatic carbocycles. The lowest BCUT2D eigenvalue weighted by atomic mass is 9.97. The maximum Gasteiger partial charge on any atom is 0.240 e. The zero-order chi connectivity index (χ0) is 13.2. The molecule has 2 N–H and O–H groups in total. The largest absolute Gasteiger partial charge is 0.508 e. The van der Waals surface area contributed by atoms with Crippen LogP contribution in [0.4, 0.5) is 0 Å². The van der Waals surface area contributed by atoms with Gasteiger partial charge in [0.25, 0.3) is 0 Å². The highest BCUT2D eigenvalue weighted by Gasteiger charge is 2.28. The Hall–Kier alpha value is -1.55. The summed E-state index contributed by atoms with van der Waals surface area (Å²) in [5, 5.41) is 12.9. The Kier molecular flexibility index (Phi) is 3.42. The minimum Gasteiger partial charge on any atom is -0.508 e. The molecule has 0 spiro atoms. The molecule has 2 aliphatic heterocycles. The number of fused-ring (bicyclic) bond motifs is 1. The molecule has 3 rings (SSSR count). The number of aromatic hydroxyl groups is 1. The van der Waals surface area contributed by atoms with Crippen LogP contribution in [-0.2, 0) is 17.8 Å². The number of carbonyl (C=O) groups excluding carboxylic acids is 1. The fourth-order valence-corrected chi connectivity index (χ4v) is 3.01. The molecule has 1 aromatic rings. The van der Waals surface area contributed by atoms with Crippen molar-refractivity contribution in [2.45, 2.75) is 38.3 Å². The Morgan fingerprint density at radius 3 is 3.00 bits per heavy atom. The Morgan fingerprint density at radius 2 is 2.21 bits per heavy atom. The molecule has 2 heterocycles. The van der Waals surface area contributed by atoms with E-state index in [1.165, 1.54) is 12.0 Å². The molecule has 0 saturated carbocycles. The summed E-state index contributed by atoms with van der Waals surface area (Å²) in [5.41, 5.74) is 2.33. The summed E-state index contributed by atoms with van der Waals surface area (Å²) < 4.78 is 0. The molecule has 1 saturated heterocycles. The summed E-state index contributed by atoms with van der Waals surface area (Å²) in [6.45, 7) is 2.36. The second-order valence-electron chi connectivity index (χ2n) is 5.47. The first-order valence-electron chi connectivity index (χ1n) is 7.07. The Balaban J connectivity index is 1.72. The second kappa shape index (κ2) is 5.21. The van der Waals surface area contributed by atoms with E-state index in [1.807, 2.05) is 11.0 Å². The summed E-state index contributed by atoms with van der Waals surface area (Å²) >= 11 is 0. The highest BCUT2D eigenvalue weighted by molar-refractivity contribution is 5.82. The highest BCUT2D eigenvalue weighted by atomic mass is 16.3. The van der Waals surface area contributed by atoms with Crippen LogP contribution in [0.1, 0.15) is 30.4 Å². The van der Waals surface area contributed by atoms with Gasteiger partial charge in [-0.3, -0.25) is 4.79 Å². The summed E-state index contributed by atoms with van der Waals surface area (Å²) in [5.74, 6) is 0.498. The number of benzene rings is 1. The quantitative estimate of drug-likeness (QED) is 0.803. The van der Waals surface area contributed by atoms with Crippen LogP contribution in [0.2, 0.25) is 0 Å². The van der Waals surface area contributed by atoms with Gasteiger partial charge in [0.15, 0.2) is 0 Å². The number of phenolic OH excluding ortho intramolecular Hbond substituents is 1. The first-order valence-corrected chi connectivity index (χ1v) is 7.07. The normalized spacial score (nSPS) is 22.9. The maximum atomic E-state index is 12.4. The lowest BCUT2D eigenvalue weighted by Gasteiger charge is -2.33. The van der Waals surface area contributed by atoms with E-state index in [1.54, 1.807) is 12.1 Å². The average molecular weight is 260 g/mol. The third-order valence-electron chi connectivity index (χ3n) is 4.12. The zero-order valence-corrected chi connectivity index (χ0v) is 11.1. The Labute approximate surface area is 113 Å². The Morgan fingerprint density at radius 1 is 1.32 bits per heavy atom. The van der Waals surface area contributed by atoms with Gasteiger partial charge in [0.1, 0.15) is 5.75 Å². The van der Waals surface area contributed by atoms with Gasteiger partial charge in [-0.1, -0.05) is 12.5 Å². The van der Waals surface area contributed by atoms with Gasteiger partial charge in [0.05, 0.1) is 6.04 Å². The number of hydrogen-bond donors (Lipinski definition) is 2. The molecular weight excluding hydrogens is 240 g/mol. The van der Waals surface area contributed by atoms with Crippen LogP contribution in [-0.4, -0.2) is 35.0 Å². The molecule has 1 atom stereocenters.